The molecule has 23 heavy (non-hydrogen) atoms. The van der Waals surface area contributed by atoms with Gasteiger partial charge in [-0.3, -0.25) is 4.79 Å². The van der Waals surface area contributed by atoms with E-state index in [0.29, 0.717) is 0 Å². The Hall–Kier alpha value is -1.60. The third kappa shape index (κ3) is 3.50. The number of carbonyl (C=O) groups is 1. The summed E-state index contributed by atoms with van der Waals surface area (Å²) in [6.07, 6.45) is -6.00. The first-order valence-corrected chi connectivity index (χ1v) is 7.40. The van der Waals surface area contributed by atoms with E-state index in [1.165, 1.54) is 29.2 Å². The Morgan fingerprint density at radius 1 is 1.22 bits per heavy atom. The number of carbonyl (C=O) groups excluding carboxylic acids is 1. The molecule has 1 saturated heterocycles. The highest BCUT2D eigenvalue weighted by Gasteiger charge is 2.56. The minimum Gasteiger partial charge on any atom is -0.377 e. The molecule has 0 spiro atoms. The molecule has 0 unspecified atom stereocenters. The summed E-state index contributed by atoms with van der Waals surface area (Å²) in [5, 5.41) is 10.3. The second-order valence-electron chi connectivity index (χ2n) is 5.94. The first-order valence-electron chi connectivity index (χ1n) is 7.40. The zero-order chi connectivity index (χ0) is 17.3. The lowest BCUT2D eigenvalue weighted by Crippen LogP contribution is -2.55. The van der Waals surface area contributed by atoms with Crippen molar-refractivity contribution in [2.45, 2.75) is 44.1 Å². The Kier molecular flexibility index (Phi) is 5.01. The molecule has 1 aromatic carbocycles. The Bertz CT molecular complexity index is 539. The highest BCUT2D eigenvalue weighted by atomic mass is 19.4. The number of halogens is 3. The van der Waals surface area contributed by atoms with Crippen molar-refractivity contribution in [2.24, 2.45) is 0 Å². The van der Waals surface area contributed by atoms with E-state index in [1.54, 1.807) is 19.9 Å². The standard InChI is InChI=1S/C16H20F3NO3/c1-11-9-23-10-12(2)20(11)14(21)8-15(22,16(17,18)19)13-6-4-3-5-7-13/h3-7,11-12,22H,8-10H2,1-2H3/t11-,12+,15-/m1/s1. The van der Waals surface area contributed by atoms with Gasteiger partial charge in [0.2, 0.25) is 5.91 Å². The van der Waals surface area contributed by atoms with Gasteiger partial charge in [0, 0.05) is 0 Å². The quantitative estimate of drug-likeness (QED) is 0.926. The Labute approximate surface area is 132 Å². The van der Waals surface area contributed by atoms with E-state index in [9.17, 15) is 23.1 Å². The minimum absolute atomic E-state index is 0.270. The largest absolute Gasteiger partial charge is 0.421 e. The lowest BCUT2D eigenvalue weighted by Gasteiger charge is -2.41. The Morgan fingerprint density at radius 2 is 1.74 bits per heavy atom. The monoisotopic (exact) mass is 331 g/mol. The molecule has 3 atom stereocenters. The first-order chi connectivity index (χ1) is 10.7. The molecule has 4 nitrogen and oxygen atoms in total. The van der Waals surface area contributed by atoms with Crippen molar-refractivity contribution in [3.8, 4) is 0 Å². The maximum Gasteiger partial charge on any atom is 0.421 e. The maximum absolute atomic E-state index is 13.5. The fourth-order valence-corrected chi connectivity index (χ4v) is 2.89. The predicted molar refractivity (Wildman–Crippen MR) is 77.6 cm³/mol. The molecule has 0 radical (unpaired) electrons. The molecule has 7 heteroatoms. The number of ether oxygens (including phenoxy) is 1. The van der Waals surface area contributed by atoms with Crippen molar-refractivity contribution in [1.29, 1.82) is 0 Å². The van der Waals surface area contributed by atoms with Gasteiger partial charge in [-0.2, -0.15) is 13.2 Å². The molecule has 0 aromatic heterocycles. The van der Waals surface area contributed by atoms with Gasteiger partial charge in [0.15, 0.2) is 5.60 Å². The van der Waals surface area contributed by atoms with Crippen molar-refractivity contribution >= 4 is 5.91 Å². The van der Waals surface area contributed by atoms with Crippen LogP contribution in [0.2, 0.25) is 0 Å². The van der Waals surface area contributed by atoms with Crippen LogP contribution >= 0.6 is 0 Å². The molecule has 1 aliphatic heterocycles. The molecule has 1 N–H and O–H groups in total. The highest BCUT2D eigenvalue weighted by Crippen LogP contribution is 2.42. The van der Waals surface area contributed by atoms with E-state index < -0.39 is 24.1 Å². The van der Waals surface area contributed by atoms with E-state index in [0.717, 1.165) is 0 Å². The lowest BCUT2D eigenvalue weighted by atomic mass is 9.88. The van der Waals surface area contributed by atoms with Crippen molar-refractivity contribution in [3.63, 3.8) is 0 Å². The van der Waals surface area contributed by atoms with Gasteiger partial charge in [0.25, 0.3) is 0 Å². The van der Waals surface area contributed by atoms with E-state index in [2.05, 4.69) is 0 Å². The summed E-state index contributed by atoms with van der Waals surface area (Å²) in [6.45, 7) is 3.96. The average molecular weight is 331 g/mol. The molecule has 0 aliphatic carbocycles. The molecular formula is C16H20F3NO3. The normalized spacial score (nSPS) is 25.0. The molecular weight excluding hydrogens is 311 g/mol. The molecule has 1 heterocycles. The molecule has 0 saturated carbocycles. The molecule has 1 aromatic rings. The fourth-order valence-electron chi connectivity index (χ4n) is 2.89. The van der Waals surface area contributed by atoms with E-state index in [4.69, 9.17) is 4.74 Å². The number of hydrogen-bond acceptors (Lipinski definition) is 3. The van der Waals surface area contributed by atoms with Crippen LogP contribution in [0.3, 0.4) is 0 Å². The van der Waals surface area contributed by atoms with Crippen LogP contribution < -0.4 is 0 Å². The number of aliphatic hydroxyl groups is 1. The SMILES string of the molecule is C[C@@H]1COC[C@H](C)N1C(=O)C[C@@](O)(c1ccccc1)C(F)(F)F. The van der Waals surface area contributed by atoms with Crippen LogP contribution in [-0.2, 0) is 15.1 Å². The second kappa shape index (κ2) is 6.49. The predicted octanol–water partition coefficient (Wildman–Crippen LogP) is 2.46. The van der Waals surface area contributed by atoms with Gasteiger partial charge in [0.05, 0.1) is 31.7 Å². The number of benzene rings is 1. The zero-order valence-electron chi connectivity index (χ0n) is 13.0. The van der Waals surface area contributed by atoms with Gasteiger partial charge in [-0.05, 0) is 19.4 Å². The summed E-state index contributed by atoms with van der Waals surface area (Å²) in [5.74, 6) is -0.739. The van der Waals surface area contributed by atoms with Gasteiger partial charge in [-0.15, -0.1) is 0 Å². The summed E-state index contributed by atoms with van der Waals surface area (Å²) in [4.78, 5) is 13.8. The van der Waals surface area contributed by atoms with Crippen LogP contribution in [0.5, 0.6) is 0 Å². The third-order valence-electron chi connectivity index (χ3n) is 4.08. The summed E-state index contributed by atoms with van der Waals surface area (Å²) in [7, 11) is 0. The topological polar surface area (TPSA) is 49.8 Å². The fraction of sp³-hybridized carbons (Fsp3) is 0.562. The molecule has 128 valence electrons. The van der Waals surface area contributed by atoms with Crippen molar-refractivity contribution in [2.75, 3.05) is 13.2 Å². The molecule has 0 bridgehead atoms. The molecule has 1 aliphatic rings. The van der Waals surface area contributed by atoms with Crippen molar-refractivity contribution < 1.29 is 27.8 Å². The Morgan fingerprint density at radius 3 is 2.22 bits per heavy atom. The number of nitrogens with zero attached hydrogens (tertiary/aromatic N) is 1. The summed E-state index contributed by atoms with van der Waals surface area (Å²) < 4.78 is 45.7. The van der Waals surface area contributed by atoms with Crippen LogP contribution in [0.15, 0.2) is 30.3 Å². The Balaban J connectivity index is 2.30. The number of alkyl halides is 3. The number of amides is 1. The van der Waals surface area contributed by atoms with Gasteiger partial charge in [-0.1, -0.05) is 30.3 Å². The maximum atomic E-state index is 13.5. The smallest absolute Gasteiger partial charge is 0.377 e. The van der Waals surface area contributed by atoms with E-state index in [1.807, 2.05) is 0 Å². The van der Waals surface area contributed by atoms with Crippen LogP contribution in [0.4, 0.5) is 13.2 Å². The molecule has 1 amide bonds. The number of rotatable bonds is 3. The average Bonchev–Trinajstić information content (AvgIpc) is 2.46. The van der Waals surface area contributed by atoms with Gasteiger partial charge in [-0.25, -0.2) is 0 Å². The minimum atomic E-state index is -4.96. The third-order valence-corrected chi connectivity index (χ3v) is 4.08. The summed E-state index contributed by atoms with van der Waals surface area (Å²) in [6, 6.07) is 6.03. The van der Waals surface area contributed by atoms with E-state index >= 15 is 0 Å². The number of morpholine rings is 1. The van der Waals surface area contributed by atoms with Crippen molar-refractivity contribution in [3.05, 3.63) is 35.9 Å². The molecule has 1 fully saturated rings. The van der Waals surface area contributed by atoms with E-state index in [-0.39, 0.29) is 30.9 Å². The van der Waals surface area contributed by atoms with Gasteiger partial charge >= 0.3 is 6.18 Å². The molecule has 2 rings (SSSR count). The van der Waals surface area contributed by atoms with Crippen molar-refractivity contribution in [1.82, 2.24) is 4.90 Å². The van der Waals surface area contributed by atoms with Gasteiger partial charge < -0.3 is 14.7 Å². The van der Waals surface area contributed by atoms with Crippen LogP contribution in [0.1, 0.15) is 25.8 Å². The van der Waals surface area contributed by atoms with Crippen LogP contribution in [0, 0.1) is 0 Å². The summed E-state index contributed by atoms with van der Waals surface area (Å²) in [5.41, 5.74) is -3.54. The summed E-state index contributed by atoms with van der Waals surface area (Å²) >= 11 is 0. The van der Waals surface area contributed by atoms with Crippen LogP contribution in [-0.4, -0.2) is 47.4 Å². The second-order valence-corrected chi connectivity index (χ2v) is 5.94. The number of hydrogen-bond donors (Lipinski definition) is 1. The van der Waals surface area contributed by atoms with Crippen LogP contribution in [0.25, 0.3) is 0 Å². The lowest BCUT2D eigenvalue weighted by molar-refractivity contribution is -0.269. The zero-order valence-corrected chi connectivity index (χ0v) is 13.0. The first kappa shape index (κ1) is 17.7. The van der Waals surface area contributed by atoms with Gasteiger partial charge in [0.1, 0.15) is 0 Å². The highest BCUT2D eigenvalue weighted by molar-refractivity contribution is 5.78.